The summed E-state index contributed by atoms with van der Waals surface area (Å²) in [6, 6.07) is 10.0. The monoisotopic (exact) mass is 311 g/mol. The van der Waals surface area contributed by atoms with Crippen LogP contribution in [-0.2, 0) is 17.8 Å². The molecule has 2 rings (SSSR count). The number of nitrogens with one attached hydrogen (secondary N) is 1. The molecule has 1 aromatic heterocycles. The van der Waals surface area contributed by atoms with Gasteiger partial charge in [0.2, 0.25) is 5.91 Å². The van der Waals surface area contributed by atoms with Gasteiger partial charge in [-0.05, 0) is 30.4 Å². The molecule has 0 fully saturated rings. The minimum atomic E-state index is -0.168. The van der Waals surface area contributed by atoms with Crippen molar-refractivity contribution in [3.63, 3.8) is 0 Å². The van der Waals surface area contributed by atoms with Crippen LogP contribution in [0, 0.1) is 17.2 Å². The summed E-state index contributed by atoms with van der Waals surface area (Å²) in [4.78, 5) is 15.8. The molecule has 0 spiro atoms. The van der Waals surface area contributed by atoms with Crippen molar-refractivity contribution < 1.29 is 4.79 Å². The number of aromatic nitrogens is 3. The Balaban J connectivity index is 1.91. The molecule has 23 heavy (non-hydrogen) atoms. The first-order valence-electron chi connectivity index (χ1n) is 7.65. The lowest BCUT2D eigenvalue weighted by Gasteiger charge is -2.15. The molecule has 1 heterocycles. The zero-order valence-corrected chi connectivity index (χ0v) is 13.7. The first kappa shape index (κ1) is 16.7. The minimum Gasteiger partial charge on any atom is -0.348 e. The lowest BCUT2D eigenvalue weighted by molar-refractivity contribution is -0.122. The maximum absolute atomic E-state index is 12.0. The van der Waals surface area contributed by atoms with Crippen LogP contribution < -0.4 is 5.32 Å². The number of amides is 1. The fraction of sp³-hybridized carbons (Fsp3) is 0.412. The molecule has 0 saturated carbocycles. The standard InChI is InChI=1S/C17H21N5O/c1-12(2)8-14-4-6-15(7-5-14)13(3)20-17(23)10-22-11-19-16(9-18)21-22/h4-7,11-13H,8,10H2,1-3H3,(H,20,23)/t13-/m0/s1. The number of nitriles is 1. The fourth-order valence-corrected chi connectivity index (χ4v) is 2.35. The van der Waals surface area contributed by atoms with Gasteiger partial charge >= 0.3 is 0 Å². The van der Waals surface area contributed by atoms with Crippen LogP contribution in [0.3, 0.4) is 0 Å². The van der Waals surface area contributed by atoms with Gasteiger partial charge < -0.3 is 5.32 Å². The van der Waals surface area contributed by atoms with Crippen LogP contribution in [0.5, 0.6) is 0 Å². The molecule has 0 aliphatic carbocycles. The number of rotatable bonds is 6. The highest BCUT2D eigenvalue weighted by Crippen LogP contribution is 2.15. The van der Waals surface area contributed by atoms with Crippen molar-refractivity contribution in [1.29, 1.82) is 5.26 Å². The fourth-order valence-electron chi connectivity index (χ4n) is 2.35. The van der Waals surface area contributed by atoms with Crippen LogP contribution >= 0.6 is 0 Å². The highest BCUT2D eigenvalue weighted by Gasteiger charge is 2.11. The first-order chi connectivity index (χ1) is 11.0. The lowest BCUT2D eigenvalue weighted by atomic mass is 10.00. The summed E-state index contributed by atoms with van der Waals surface area (Å²) in [5, 5.41) is 15.5. The number of carbonyl (C=O) groups is 1. The smallest absolute Gasteiger partial charge is 0.252 e. The van der Waals surface area contributed by atoms with Gasteiger partial charge in [-0.15, -0.1) is 5.10 Å². The van der Waals surface area contributed by atoms with Crippen molar-refractivity contribution in [2.75, 3.05) is 0 Å². The maximum Gasteiger partial charge on any atom is 0.252 e. The molecule has 6 nitrogen and oxygen atoms in total. The lowest BCUT2D eigenvalue weighted by Crippen LogP contribution is -2.30. The molecular formula is C17H21N5O. The molecule has 1 aromatic carbocycles. The molecule has 6 heteroatoms. The minimum absolute atomic E-state index is 0.0461. The van der Waals surface area contributed by atoms with E-state index in [4.69, 9.17) is 5.26 Å². The highest BCUT2D eigenvalue weighted by atomic mass is 16.2. The Morgan fingerprint density at radius 3 is 2.57 bits per heavy atom. The van der Waals surface area contributed by atoms with Gasteiger partial charge in [0.25, 0.3) is 5.82 Å². The Hall–Kier alpha value is -2.68. The molecule has 0 bridgehead atoms. The van der Waals surface area contributed by atoms with Crippen LogP contribution in [0.1, 0.15) is 43.8 Å². The summed E-state index contributed by atoms with van der Waals surface area (Å²) in [7, 11) is 0. The second kappa shape index (κ2) is 7.54. The van der Waals surface area contributed by atoms with E-state index in [2.05, 4.69) is 41.4 Å². The molecule has 1 atom stereocenters. The molecule has 1 N–H and O–H groups in total. The van der Waals surface area contributed by atoms with Gasteiger partial charge in [0.1, 0.15) is 18.9 Å². The Morgan fingerprint density at radius 1 is 1.30 bits per heavy atom. The molecule has 2 aromatic rings. The Labute approximate surface area is 136 Å². The van der Waals surface area contributed by atoms with E-state index in [1.165, 1.54) is 16.6 Å². The van der Waals surface area contributed by atoms with E-state index in [-0.39, 0.29) is 24.3 Å². The summed E-state index contributed by atoms with van der Waals surface area (Å²) in [5.41, 5.74) is 2.36. The quantitative estimate of drug-likeness (QED) is 0.886. The second-order valence-corrected chi connectivity index (χ2v) is 6.01. The summed E-state index contributed by atoms with van der Waals surface area (Å²) >= 11 is 0. The predicted molar refractivity (Wildman–Crippen MR) is 86.3 cm³/mol. The van der Waals surface area contributed by atoms with Gasteiger partial charge in [-0.25, -0.2) is 9.67 Å². The van der Waals surface area contributed by atoms with E-state index >= 15 is 0 Å². The van der Waals surface area contributed by atoms with Crippen LogP contribution in [0.4, 0.5) is 0 Å². The van der Waals surface area contributed by atoms with Gasteiger partial charge in [0.15, 0.2) is 0 Å². The molecule has 0 aliphatic rings. The second-order valence-electron chi connectivity index (χ2n) is 6.01. The van der Waals surface area contributed by atoms with Gasteiger partial charge in [-0.1, -0.05) is 38.1 Å². The van der Waals surface area contributed by atoms with Gasteiger partial charge in [0.05, 0.1) is 6.04 Å². The van der Waals surface area contributed by atoms with Crippen LogP contribution in [0.15, 0.2) is 30.6 Å². The average Bonchev–Trinajstić information content (AvgIpc) is 2.94. The molecule has 120 valence electrons. The van der Waals surface area contributed by atoms with Crippen molar-refractivity contribution in [2.45, 2.75) is 39.8 Å². The average molecular weight is 311 g/mol. The van der Waals surface area contributed by atoms with Crippen LogP contribution in [0.25, 0.3) is 0 Å². The Kier molecular flexibility index (Phi) is 5.47. The van der Waals surface area contributed by atoms with Crippen molar-refractivity contribution in [3.05, 3.63) is 47.5 Å². The zero-order chi connectivity index (χ0) is 16.8. The number of carbonyl (C=O) groups excluding carboxylic acids is 1. The van der Waals surface area contributed by atoms with E-state index < -0.39 is 0 Å². The maximum atomic E-state index is 12.0. The summed E-state index contributed by atoms with van der Waals surface area (Å²) in [6.45, 7) is 6.37. The van der Waals surface area contributed by atoms with E-state index in [0.717, 1.165) is 12.0 Å². The molecule has 0 unspecified atom stereocenters. The summed E-state index contributed by atoms with van der Waals surface area (Å²) in [5.74, 6) is 0.517. The van der Waals surface area contributed by atoms with E-state index in [0.29, 0.717) is 5.92 Å². The van der Waals surface area contributed by atoms with Crippen molar-refractivity contribution >= 4 is 5.91 Å². The van der Waals surface area contributed by atoms with Gasteiger partial charge in [-0.2, -0.15) is 5.26 Å². The normalized spacial score (nSPS) is 12.0. The third-order valence-corrected chi connectivity index (χ3v) is 3.44. The third kappa shape index (κ3) is 4.92. The van der Waals surface area contributed by atoms with E-state index in [1.807, 2.05) is 25.1 Å². The first-order valence-corrected chi connectivity index (χ1v) is 7.65. The van der Waals surface area contributed by atoms with E-state index in [9.17, 15) is 4.79 Å². The van der Waals surface area contributed by atoms with Crippen LogP contribution in [-0.4, -0.2) is 20.7 Å². The third-order valence-electron chi connectivity index (χ3n) is 3.44. The number of hydrogen-bond acceptors (Lipinski definition) is 4. The van der Waals surface area contributed by atoms with Crippen molar-refractivity contribution in [2.24, 2.45) is 5.92 Å². The van der Waals surface area contributed by atoms with Crippen molar-refractivity contribution in [3.8, 4) is 6.07 Å². The van der Waals surface area contributed by atoms with Gasteiger partial charge in [-0.3, -0.25) is 4.79 Å². The molecule has 1 amide bonds. The molecular weight excluding hydrogens is 290 g/mol. The molecule has 0 aliphatic heterocycles. The van der Waals surface area contributed by atoms with Crippen molar-refractivity contribution in [1.82, 2.24) is 20.1 Å². The predicted octanol–water partition coefficient (Wildman–Crippen LogP) is 2.23. The Morgan fingerprint density at radius 2 is 2.00 bits per heavy atom. The SMILES string of the molecule is CC(C)Cc1ccc([C@H](C)NC(=O)Cn2cnc(C#N)n2)cc1. The number of nitrogens with zero attached hydrogens (tertiary/aromatic N) is 4. The Bertz CT molecular complexity index is 697. The van der Waals surface area contributed by atoms with E-state index in [1.54, 1.807) is 0 Å². The topological polar surface area (TPSA) is 83.6 Å². The molecule has 0 saturated heterocycles. The number of hydrogen-bond donors (Lipinski definition) is 1. The summed E-state index contributed by atoms with van der Waals surface area (Å²) < 4.78 is 1.35. The van der Waals surface area contributed by atoms with Gasteiger partial charge in [0, 0.05) is 0 Å². The van der Waals surface area contributed by atoms with Crippen LogP contribution in [0.2, 0.25) is 0 Å². The largest absolute Gasteiger partial charge is 0.348 e. The highest BCUT2D eigenvalue weighted by molar-refractivity contribution is 5.76. The molecule has 0 radical (unpaired) electrons. The zero-order valence-electron chi connectivity index (χ0n) is 13.7. The summed E-state index contributed by atoms with van der Waals surface area (Å²) in [6.07, 6.45) is 2.43. The number of benzene rings is 1.